The molecule has 3 nitrogen and oxygen atoms in total. The van der Waals surface area contributed by atoms with Crippen molar-refractivity contribution in [3.05, 3.63) is 59.3 Å². The lowest BCUT2D eigenvalue weighted by atomic mass is 10.0. The van der Waals surface area contributed by atoms with Crippen LogP contribution in [0.4, 0.5) is 0 Å². The number of rotatable bonds is 2. The van der Waals surface area contributed by atoms with Crippen molar-refractivity contribution in [1.82, 2.24) is 9.97 Å². The highest BCUT2D eigenvalue weighted by Crippen LogP contribution is 2.28. The van der Waals surface area contributed by atoms with Gasteiger partial charge in [0.1, 0.15) is 0 Å². The number of carbonyl (C=O) groups excluding carboxylic acids is 1. The molecule has 0 atom stereocenters. The molecule has 0 bridgehead atoms. The van der Waals surface area contributed by atoms with Crippen LogP contribution in [0.15, 0.2) is 42.6 Å². The van der Waals surface area contributed by atoms with E-state index in [1.54, 1.807) is 12.3 Å². The first kappa shape index (κ1) is 16.4. The number of aryl methyl sites for hydroxylation is 2. The summed E-state index contributed by atoms with van der Waals surface area (Å²) in [5, 5.41) is 0.292. The van der Waals surface area contributed by atoms with E-state index >= 15 is 0 Å². The third-order valence-electron chi connectivity index (χ3n) is 3.64. The Hall–Kier alpha value is -1.97. The van der Waals surface area contributed by atoms with Gasteiger partial charge in [0.05, 0.1) is 16.9 Å². The van der Waals surface area contributed by atoms with E-state index in [-0.39, 0.29) is 12.4 Å². The van der Waals surface area contributed by atoms with Crippen LogP contribution in [0.5, 0.6) is 0 Å². The third-order valence-corrected chi connectivity index (χ3v) is 3.85. The Balaban J connectivity index is 0.00000176. The number of halogens is 2. The molecule has 3 rings (SSSR count). The molecular weight excluding hydrogens is 319 g/mol. The molecule has 0 saturated heterocycles. The highest BCUT2D eigenvalue weighted by molar-refractivity contribution is 6.68. The number of nitrogens with zero attached hydrogens (tertiary/aromatic N) is 2. The summed E-state index contributed by atoms with van der Waals surface area (Å²) < 4.78 is 0. The van der Waals surface area contributed by atoms with Crippen molar-refractivity contribution in [2.24, 2.45) is 0 Å². The van der Waals surface area contributed by atoms with Gasteiger partial charge in [-0.1, -0.05) is 18.2 Å². The first-order valence-electron chi connectivity index (χ1n) is 6.60. The SMILES string of the molecule is Cc1ccc2c(C(=O)Cl)cc(-c3ccccn3)nc2c1C.Cl. The second-order valence-electron chi connectivity index (χ2n) is 4.95. The van der Waals surface area contributed by atoms with E-state index in [0.717, 1.165) is 27.7 Å². The molecule has 0 radical (unpaired) electrons. The molecule has 112 valence electrons. The van der Waals surface area contributed by atoms with Crippen LogP contribution < -0.4 is 0 Å². The maximum Gasteiger partial charge on any atom is 0.253 e. The smallest absolute Gasteiger partial charge is 0.253 e. The highest BCUT2D eigenvalue weighted by atomic mass is 35.5. The predicted molar refractivity (Wildman–Crippen MR) is 91.9 cm³/mol. The standard InChI is InChI=1S/C17H13ClN2O.ClH/c1-10-6-7-12-13(17(18)21)9-15(20-16(12)11(10)2)14-5-3-4-8-19-14;/h3-9H,1-2H3;1H. The molecule has 5 heteroatoms. The van der Waals surface area contributed by atoms with Crippen molar-refractivity contribution in [2.75, 3.05) is 0 Å². The molecule has 0 saturated carbocycles. The number of pyridine rings is 2. The van der Waals surface area contributed by atoms with Gasteiger partial charge in [-0.25, -0.2) is 4.98 Å². The van der Waals surface area contributed by atoms with Crippen LogP contribution in [0.3, 0.4) is 0 Å². The Bertz CT molecular complexity index is 848. The van der Waals surface area contributed by atoms with Crippen LogP contribution in [0, 0.1) is 13.8 Å². The Morgan fingerprint density at radius 3 is 2.50 bits per heavy atom. The van der Waals surface area contributed by atoms with Gasteiger partial charge < -0.3 is 0 Å². The van der Waals surface area contributed by atoms with Gasteiger partial charge >= 0.3 is 0 Å². The van der Waals surface area contributed by atoms with Crippen LogP contribution in [0.25, 0.3) is 22.3 Å². The molecule has 3 aromatic rings. The monoisotopic (exact) mass is 332 g/mol. The van der Waals surface area contributed by atoms with E-state index < -0.39 is 5.24 Å². The van der Waals surface area contributed by atoms with E-state index in [4.69, 9.17) is 11.6 Å². The van der Waals surface area contributed by atoms with Gasteiger partial charge in [-0.05, 0) is 54.8 Å². The summed E-state index contributed by atoms with van der Waals surface area (Å²) >= 11 is 5.75. The van der Waals surface area contributed by atoms with E-state index in [2.05, 4.69) is 9.97 Å². The van der Waals surface area contributed by atoms with Crippen molar-refractivity contribution in [3.63, 3.8) is 0 Å². The largest absolute Gasteiger partial charge is 0.276 e. The Morgan fingerprint density at radius 2 is 1.86 bits per heavy atom. The first-order chi connectivity index (χ1) is 10.1. The number of aromatic nitrogens is 2. The van der Waals surface area contributed by atoms with Crippen LogP contribution in [-0.2, 0) is 0 Å². The van der Waals surface area contributed by atoms with Crippen LogP contribution in [-0.4, -0.2) is 15.2 Å². The normalized spacial score (nSPS) is 10.3. The summed E-state index contributed by atoms with van der Waals surface area (Å²) in [6, 6.07) is 11.2. The summed E-state index contributed by atoms with van der Waals surface area (Å²) in [7, 11) is 0. The summed E-state index contributed by atoms with van der Waals surface area (Å²) in [6.45, 7) is 4.02. The van der Waals surface area contributed by atoms with Crippen LogP contribution in [0.2, 0.25) is 0 Å². The number of benzene rings is 1. The van der Waals surface area contributed by atoms with E-state index in [0.29, 0.717) is 11.3 Å². The molecule has 0 unspecified atom stereocenters. The van der Waals surface area contributed by atoms with Gasteiger partial charge in [0.15, 0.2) is 0 Å². The molecule has 0 aliphatic rings. The molecule has 0 N–H and O–H groups in total. The fourth-order valence-corrected chi connectivity index (χ4v) is 2.49. The fraction of sp³-hybridized carbons (Fsp3) is 0.118. The van der Waals surface area contributed by atoms with Gasteiger partial charge in [0.25, 0.3) is 5.24 Å². The molecule has 0 aliphatic heterocycles. The van der Waals surface area contributed by atoms with Crippen molar-refractivity contribution >= 4 is 40.2 Å². The second kappa shape index (κ2) is 6.42. The molecule has 0 fully saturated rings. The third kappa shape index (κ3) is 2.82. The lowest BCUT2D eigenvalue weighted by molar-refractivity contribution is 0.108. The van der Waals surface area contributed by atoms with Crippen molar-refractivity contribution in [3.8, 4) is 11.4 Å². The minimum Gasteiger partial charge on any atom is -0.276 e. The highest BCUT2D eigenvalue weighted by Gasteiger charge is 2.14. The first-order valence-corrected chi connectivity index (χ1v) is 6.98. The Kier molecular flexibility index (Phi) is 4.79. The molecule has 0 spiro atoms. The zero-order chi connectivity index (χ0) is 15.0. The molecule has 2 aromatic heterocycles. The lowest BCUT2D eigenvalue weighted by Gasteiger charge is -2.10. The van der Waals surface area contributed by atoms with Gasteiger partial charge in [-0.2, -0.15) is 0 Å². The second-order valence-corrected chi connectivity index (χ2v) is 5.29. The number of hydrogen-bond donors (Lipinski definition) is 0. The lowest BCUT2D eigenvalue weighted by Crippen LogP contribution is -1.99. The Labute approximate surface area is 139 Å². The predicted octanol–water partition coefficient (Wildman–Crippen LogP) is 4.71. The average molecular weight is 333 g/mol. The number of carbonyl (C=O) groups is 1. The molecule has 2 heterocycles. The van der Waals surface area contributed by atoms with Crippen molar-refractivity contribution in [1.29, 1.82) is 0 Å². The molecule has 22 heavy (non-hydrogen) atoms. The van der Waals surface area contributed by atoms with Gasteiger partial charge in [-0.3, -0.25) is 9.78 Å². The van der Waals surface area contributed by atoms with Gasteiger partial charge in [0.2, 0.25) is 0 Å². The minimum atomic E-state index is -0.483. The summed E-state index contributed by atoms with van der Waals surface area (Å²) in [4.78, 5) is 20.7. The average Bonchev–Trinajstić information content (AvgIpc) is 2.51. The Morgan fingerprint density at radius 1 is 1.09 bits per heavy atom. The van der Waals surface area contributed by atoms with Crippen molar-refractivity contribution in [2.45, 2.75) is 13.8 Å². The summed E-state index contributed by atoms with van der Waals surface area (Å²) in [6.07, 6.45) is 1.70. The quantitative estimate of drug-likeness (QED) is 0.638. The van der Waals surface area contributed by atoms with Crippen molar-refractivity contribution < 1.29 is 4.79 Å². The van der Waals surface area contributed by atoms with E-state index in [1.165, 1.54) is 0 Å². The summed E-state index contributed by atoms with van der Waals surface area (Å²) in [5.74, 6) is 0. The maximum absolute atomic E-state index is 11.8. The minimum absolute atomic E-state index is 0. The molecule has 1 aromatic carbocycles. The van der Waals surface area contributed by atoms with Crippen LogP contribution >= 0.6 is 24.0 Å². The molecular formula is C17H14Cl2N2O. The van der Waals surface area contributed by atoms with Crippen LogP contribution in [0.1, 0.15) is 21.5 Å². The number of fused-ring (bicyclic) bond motifs is 1. The zero-order valence-electron chi connectivity index (χ0n) is 12.1. The van der Waals surface area contributed by atoms with E-state index in [1.807, 2.05) is 44.2 Å². The molecule has 0 aliphatic carbocycles. The zero-order valence-corrected chi connectivity index (χ0v) is 13.7. The van der Waals surface area contributed by atoms with Gasteiger partial charge in [-0.15, -0.1) is 12.4 Å². The fourth-order valence-electron chi connectivity index (χ4n) is 2.34. The molecule has 0 amide bonds. The van der Waals surface area contributed by atoms with Gasteiger partial charge in [0, 0.05) is 17.1 Å². The van der Waals surface area contributed by atoms with E-state index in [9.17, 15) is 4.79 Å². The maximum atomic E-state index is 11.8. The topological polar surface area (TPSA) is 42.9 Å². The summed E-state index contributed by atoms with van der Waals surface area (Å²) in [5.41, 5.74) is 4.80. The number of hydrogen-bond acceptors (Lipinski definition) is 3.